The fraction of sp³-hybridized carbons (Fsp3) is 0.0667. The molecule has 1 N–H and O–H groups in total. The smallest absolute Gasteiger partial charge is 0.236 e. The van der Waals surface area contributed by atoms with E-state index in [0.717, 1.165) is 33.2 Å². The second-order valence-corrected chi connectivity index (χ2v) is 5.69. The average molecular weight is 309 g/mol. The van der Waals surface area contributed by atoms with Crippen LogP contribution in [-0.2, 0) is 4.79 Å². The zero-order valence-electron chi connectivity index (χ0n) is 11.6. The number of carbonyl (C=O) groups is 1. The molecule has 0 aliphatic rings. The Morgan fingerprint density at radius 1 is 1.27 bits per heavy atom. The van der Waals surface area contributed by atoms with Crippen LogP contribution in [0.2, 0.25) is 0 Å². The summed E-state index contributed by atoms with van der Waals surface area (Å²) in [6.07, 6.45) is 3.53. The van der Waals surface area contributed by atoms with Crippen molar-refractivity contribution in [1.82, 2.24) is 19.9 Å². The summed E-state index contributed by atoms with van der Waals surface area (Å²) in [5.74, 6) is -0.173. The van der Waals surface area contributed by atoms with Gasteiger partial charge in [-0.2, -0.15) is 21.2 Å². The van der Waals surface area contributed by atoms with Crippen molar-refractivity contribution in [3.63, 3.8) is 0 Å². The van der Waals surface area contributed by atoms with Crippen molar-refractivity contribution in [2.75, 3.05) is 5.43 Å². The van der Waals surface area contributed by atoms with Gasteiger partial charge in [0.05, 0.1) is 34.6 Å². The fourth-order valence-electron chi connectivity index (χ4n) is 2.30. The number of fused-ring (bicyclic) bond motifs is 2. The van der Waals surface area contributed by atoms with Crippen molar-refractivity contribution in [1.29, 1.82) is 0 Å². The summed E-state index contributed by atoms with van der Waals surface area (Å²) >= 11 is 1.63. The molecule has 1 aromatic carbocycles. The van der Waals surface area contributed by atoms with Crippen LogP contribution >= 0.6 is 11.3 Å². The lowest BCUT2D eigenvalue weighted by atomic mass is 10.2. The molecule has 3 heterocycles. The molecule has 0 bridgehead atoms. The highest BCUT2D eigenvalue weighted by Gasteiger charge is 2.08. The number of aromatic nitrogens is 4. The van der Waals surface area contributed by atoms with Gasteiger partial charge in [0.25, 0.3) is 0 Å². The van der Waals surface area contributed by atoms with Crippen LogP contribution in [0.1, 0.15) is 6.92 Å². The molecule has 0 unspecified atom stereocenters. The predicted octanol–water partition coefficient (Wildman–Crippen LogP) is 2.80. The van der Waals surface area contributed by atoms with E-state index in [2.05, 4.69) is 20.5 Å². The van der Waals surface area contributed by atoms with E-state index >= 15 is 0 Å². The second kappa shape index (κ2) is 4.88. The quantitative estimate of drug-likeness (QED) is 0.618. The Hall–Kier alpha value is -2.80. The molecule has 1 amide bonds. The Morgan fingerprint density at radius 3 is 2.95 bits per heavy atom. The van der Waals surface area contributed by atoms with Gasteiger partial charge in [-0.1, -0.05) is 0 Å². The lowest BCUT2D eigenvalue weighted by Gasteiger charge is -2.00. The van der Waals surface area contributed by atoms with Crippen LogP contribution in [0.15, 0.2) is 41.4 Å². The van der Waals surface area contributed by atoms with Gasteiger partial charge in [0.1, 0.15) is 0 Å². The third-order valence-corrected chi connectivity index (χ3v) is 3.94. The minimum atomic E-state index is -0.173. The predicted molar refractivity (Wildman–Crippen MR) is 86.2 cm³/mol. The first kappa shape index (κ1) is 12.9. The van der Waals surface area contributed by atoms with Gasteiger partial charge < -0.3 is 0 Å². The lowest BCUT2D eigenvalue weighted by molar-refractivity contribution is -0.115. The molecule has 0 saturated heterocycles. The number of hydrogen-bond donors (Lipinski definition) is 1. The van der Waals surface area contributed by atoms with E-state index in [1.807, 2.05) is 29.0 Å². The van der Waals surface area contributed by atoms with E-state index in [0.29, 0.717) is 0 Å². The SMILES string of the molecule is CC(=O)Nn1cc2cc3ncc(-c4ccsc4)nc3cc2n1. The van der Waals surface area contributed by atoms with Crippen LogP contribution in [0.25, 0.3) is 33.2 Å². The molecule has 108 valence electrons. The van der Waals surface area contributed by atoms with Crippen LogP contribution < -0.4 is 5.43 Å². The van der Waals surface area contributed by atoms with Gasteiger partial charge in [0.2, 0.25) is 5.91 Å². The van der Waals surface area contributed by atoms with E-state index in [9.17, 15) is 4.79 Å². The number of thiophene rings is 1. The Morgan fingerprint density at radius 2 is 2.18 bits per heavy atom. The van der Waals surface area contributed by atoms with Gasteiger partial charge in [0.15, 0.2) is 0 Å². The van der Waals surface area contributed by atoms with Crippen LogP contribution in [0.3, 0.4) is 0 Å². The van der Waals surface area contributed by atoms with Crippen LogP contribution in [-0.4, -0.2) is 25.8 Å². The summed E-state index contributed by atoms with van der Waals surface area (Å²) < 4.78 is 0. The number of nitrogens with zero attached hydrogens (tertiary/aromatic N) is 4. The third kappa shape index (κ3) is 2.21. The maximum Gasteiger partial charge on any atom is 0.236 e. The fourth-order valence-corrected chi connectivity index (χ4v) is 2.95. The van der Waals surface area contributed by atoms with Crippen molar-refractivity contribution < 1.29 is 4.79 Å². The molecule has 3 aromatic heterocycles. The van der Waals surface area contributed by atoms with Crippen molar-refractivity contribution in [2.24, 2.45) is 0 Å². The molecule has 0 spiro atoms. The summed E-state index contributed by atoms with van der Waals surface area (Å²) in [5.41, 5.74) is 6.85. The highest BCUT2D eigenvalue weighted by atomic mass is 32.1. The van der Waals surface area contributed by atoms with Gasteiger partial charge in [0, 0.05) is 23.3 Å². The lowest BCUT2D eigenvalue weighted by Crippen LogP contribution is -2.19. The number of benzene rings is 1. The maximum absolute atomic E-state index is 11.1. The minimum Gasteiger partial charge on any atom is -0.274 e. The summed E-state index contributed by atoms with van der Waals surface area (Å²) in [4.78, 5) is 21.6. The van der Waals surface area contributed by atoms with E-state index in [-0.39, 0.29) is 5.91 Å². The van der Waals surface area contributed by atoms with Gasteiger partial charge in [-0.25, -0.2) is 10.4 Å². The first-order valence-electron chi connectivity index (χ1n) is 6.65. The highest BCUT2D eigenvalue weighted by molar-refractivity contribution is 7.08. The van der Waals surface area contributed by atoms with Crippen molar-refractivity contribution in [3.05, 3.63) is 41.4 Å². The van der Waals surface area contributed by atoms with Gasteiger partial charge in [-0.05, 0) is 23.6 Å². The molecule has 0 aliphatic carbocycles. The topological polar surface area (TPSA) is 72.7 Å². The number of carbonyl (C=O) groups excluding carboxylic acids is 1. The third-order valence-electron chi connectivity index (χ3n) is 3.26. The molecule has 0 radical (unpaired) electrons. The number of nitrogens with one attached hydrogen (secondary N) is 1. The largest absolute Gasteiger partial charge is 0.274 e. The molecule has 4 rings (SSSR count). The van der Waals surface area contributed by atoms with Gasteiger partial charge in [-0.15, -0.1) is 0 Å². The standard InChI is InChI=1S/C15H11N5OS/c1-9(21)18-20-7-11-4-13-14(5-12(11)19-20)17-15(6-16-13)10-2-3-22-8-10/h2-8H,1H3,(H,18,21). The Labute approximate surface area is 129 Å². The minimum absolute atomic E-state index is 0.173. The Bertz CT molecular complexity index is 990. The summed E-state index contributed by atoms with van der Waals surface area (Å²) in [5, 5.41) is 9.27. The maximum atomic E-state index is 11.1. The first-order chi connectivity index (χ1) is 10.7. The molecule has 22 heavy (non-hydrogen) atoms. The van der Waals surface area contributed by atoms with E-state index in [4.69, 9.17) is 0 Å². The van der Waals surface area contributed by atoms with E-state index < -0.39 is 0 Å². The normalized spacial score (nSPS) is 11.1. The van der Waals surface area contributed by atoms with Crippen LogP contribution in [0, 0.1) is 0 Å². The molecule has 0 saturated carbocycles. The summed E-state index contributed by atoms with van der Waals surface area (Å²) in [6.45, 7) is 1.44. The van der Waals surface area contributed by atoms with Gasteiger partial charge in [-0.3, -0.25) is 9.78 Å². The van der Waals surface area contributed by atoms with Crippen LogP contribution in [0.4, 0.5) is 0 Å². The molecule has 4 aromatic rings. The van der Waals surface area contributed by atoms with Gasteiger partial charge >= 0.3 is 0 Å². The van der Waals surface area contributed by atoms with Crippen molar-refractivity contribution >= 4 is 39.2 Å². The second-order valence-electron chi connectivity index (χ2n) is 4.91. The zero-order valence-corrected chi connectivity index (χ0v) is 12.5. The number of rotatable bonds is 2. The van der Waals surface area contributed by atoms with Crippen molar-refractivity contribution in [2.45, 2.75) is 6.92 Å². The molecule has 0 atom stereocenters. The molecular formula is C15H11N5OS. The van der Waals surface area contributed by atoms with E-state index in [1.54, 1.807) is 23.7 Å². The molecule has 0 aliphatic heterocycles. The Kier molecular flexibility index (Phi) is 2.87. The monoisotopic (exact) mass is 309 g/mol. The average Bonchev–Trinajstić information content (AvgIpc) is 3.12. The summed E-state index contributed by atoms with van der Waals surface area (Å²) in [6, 6.07) is 5.82. The molecule has 7 heteroatoms. The number of amides is 1. The highest BCUT2D eigenvalue weighted by Crippen LogP contribution is 2.24. The summed E-state index contributed by atoms with van der Waals surface area (Å²) in [7, 11) is 0. The van der Waals surface area contributed by atoms with Crippen molar-refractivity contribution in [3.8, 4) is 11.3 Å². The zero-order chi connectivity index (χ0) is 15.1. The Balaban J connectivity index is 1.86. The number of hydrogen-bond acceptors (Lipinski definition) is 5. The molecular weight excluding hydrogens is 298 g/mol. The van der Waals surface area contributed by atoms with E-state index in [1.165, 1.54) is 11.7 Å². The first-order valence-corrected chi connectivity index (χ1v) is 7.60. The molecule has 0 fully saturated rings. The molecule has 6 nitrogen and oxygen atoms in total. The van der Waals surface area contributed by atoms with Crippen LogP contribution in [0.5, 0.6) is 0 Å².